The van der Waals surface area contributed by atoms with Gasteiger partial charge in [-0.1, -0.05) is 0 Å². The van der Waals surface area contributed by atoms with Gasteiger partial charge >= 0.3 is 0 Å². The molecule has 1 fully saturated rings. The monoisotopic (exact) mass is 360 g/mol. The summed E-state index contributed by atoms with van der Waals surface area (Å²) in [6.07, 6.45) is 3.68. The Bertz CT molecular complexity index is 1120. The Labute approximate surface area is 156 Å². The summed E-state index contributed by atoms with van der Waals surface area (Å²) in [7, 11) is 0. The molecule has 1 aliphatic rings. The number of nitrogens with zero attached hydrogens (tertiary/aromatic N) is 4. The lowest BCUT2D eigenvalue weighted by atomic mass is 10.1. The molecule has 5 rings (SSSR count). The van der Waals surface area contributed by atoms with Crippen molar-refractivity contribution in [3.63, 3.8) is 0 Å². The van der Waals surface area contributed by atoms with Crippen molar-refractivity contribution in [1.82, 2.24) is 20.2 Å². The van der Waals surface area contributed by atoms with Crippen LogP contribution in [-0.4, -0.2) is 46.5 Å². The van der Waals surface area contributed by atoms with E-state index in [9.17, 15) is 0 Å². The number of aromatic nitrogens is 4. The summed E-state index contributed by atoms with van der Waals surface area (Å²) >= 11 is 0. The summed E-state index contributed by atoms with van der Waals surface area (Å²) in [6, 6.07) is 10.3. The van der Waals surface area contributed by atoms with Crippen LogP contribution in [0.15, 0.2) is 42.7 Å². The third-order valence-corrected chi connectivity index (χ3v) is 5.03. The van der Waals surface area contributed by atoms with Gasteiger partial charge in [-0.05, 0) is 42.8 Å². The predicted molar refractivity (Wildman–Crippen MR) is 107 cm³/mol. The van der Waals surface area contributed by atoms with Crippen LogP contribution in [0.5, 0.6) is 0 Å². The smallest absolute Gasteiger partial charge is 0.227 e. The van der Waals surface area contributed by atoms with E-state index in [2.05, 4.69) is 44.5 Å². The number of benzene rings is 2. The van der Waals surface area contributed by atoms with Gasteiger partial charge in [-0.15, -0.1) is 0 Å². The number of hydrogen-bond acceptors (Lipinski definition) is 6. The van der Waals surface area contributed by atoms with Crippen LogP contribution < -0.4 is 10.2 Å². The Morgan fingerprint density at radius 3 is 2.81 bits per heavy atom. The average Bonchev–Trinajstić information content (AvgIpc) is 3.17. The van der Waals surface area contributed by atoms with Crippen molar-refractivity contribution in [2.75, 3.05) is 36.5 Å². The van der Waals surface area contributed by atoms with Gasteiger partial charge in [0.1, 0.15) is 0 Å². The predicted octanol–water partition coefficient (Wildman–Crippen LogP) is 3.39. The number of aryl methyl sites for hydroxylation is 1. The molecule has 136 valence electrons. The number of H-pyrrole nitrogens is 1. The molecule has 0 radical (unpaired) electrons. The lowest BCUT2D eigenvalue weighted by Gasteiger charge is -2.30. The Morgan fingerprint density at radius 1 is 1.07 bits per heavy atom. The highest BCUT2D eigenvalue weighted by Gasteiger charge is 2.15. The third-order valence-electron chi connectivity index (χ3n) is 5.03. The molecule has 0 amide bonds. The molecule has 1 saturated heterocycles. The van der Waals surface area contributed by atoms with Crippen LogP contribution in [0.2, 0.25) is 0 Å². The van der Waals surface area contributed by atoms with Crippen LogP contribution in [0.25, 0.3) is 21.8 Å². The standard InChI is InChI=1S/C20H20N6O/c1-13-18(26-6-8-27-9-7-26)5-3-15-11-21-20(24-19(13)15)23-16-4-2-14-12-22-25-17(14)10-16/h2-5,10-12H,6-9H2,1H3,(H,22,25)(H,21,23,24). The Hall–Kier alpha value is -3.19. The van der Waals surface area contributed by atoms with Crippen molar-refractivity contribution in [3.05, 3.63) is 48.3 Å². The summed E-state index contributed by atoms with van der Waals surface area (Å²) in [4.78, 5) is 11.6. The van der Waals surface area contributed by atoms with Crippen LogP contribution in [-0.2, 0) is 4.74 Å². The van der Waals surface area contributed by atoms with Crippen molar-refractivity contribution >= 4 is 39.1 Å². The normalized spacial score (nSPS) is 14.8. The molecule has 0 bridgehead atoms. The molecule has 2 aromatic heterocycles. The Morgan fingerprint density at radius 2 is 1.93 bits per heavy atom. The minimum atomic E-state index is 0.587. The molecular weight excluding hydrogens is 340 g/mol. The number of nitrogens with one attached hydrogen (secondary N) is 2. The van der Waals surface area contributed by atoms with E-state index in [4.69, 9.17) is 9.72 Å². The molecule has 7 nitrogen and oxygen atoms in total. The molecule has 3 heterocycles. The number of fused-ring (bicyclic) bond motifs is 2. The zero-order chi connectivity index (χ0) is 18.2. The van der Waals surface area contributed by atoms with Gasteiger partial charge in [0.25, 0.3) is 0 Å². The molecule has 0 unspecified atom stereocenters. The van der Waals surface area contributed by atoms with Crippen LogP contribution in [0, 0.1) is 6.92 Å². The first kappa shape index (κ1) is 16.0. The van der Waals surface area contributed by atoms with E-state index in [0.717, 1.165) is 53.8 Å². The van der Waals surface area contributed by atoms with Gasteiger partial charge in [0.05, 0.1) is 30.4 Å². The highest BCUT2D eigenvalue weighted by atomic mass is 16.5. The second-order valence-corrected chi connectivity index (χ2v) is 6.74. The van der Waals surface area contributed by atoms with E-state index in [0.29, 0.717) is 5.95 Å². The molecule has 4 aromatic rings. The first-order chi connectivity index (χ1) is 13.3. The maximum atomic E-state index is 5.47. The summed E-state index contributed by atoms with van der Waals surface area (Å²) < 4.78 is 5.47. The molecule has 2 N–H and O–H groups in total. The average molecular weight is 360 g/mol. The summed E-state index contributed by atoms with van der Waals surface area (Å²) in [5.74, 6) is 0.587. The lowest BCUT2D eigenvalue weighted by molar-refractivity contribution is 0.122. The quantitative estimate of drug-likeness (QED) is 0.583. The molecular formula is C20H20N6O. The topological polar surface area (TPSA) is 79.0 Å². The Kier molecular flexibility index (Phi) is 3.86. The van der Waals surface area contributed by atoms with Gasteiger partial charge in [0, 0.05) is 41.4 Å². The molecule has 0 atom stereocenters. The molecule has 0 saturated carbocycles. The number of morpholine rings is 1. The number of aromatic amines is 1. The van der Waals surface area contributed by atoms with Gasteiger partial charge in [-0.25, -0.2) is 9.97 Å². The Balaban J connectivity index is 1.50. The fourth-order valence-electron chi connectivity index (χ4n) is 3.58. The zero-order valence-electron chi connectivity index (χ0n) is 15.1. The molecule has 2 aromatic carbocycles. The molecule has 0 aliphatic carbocycles. The highest BCUT2D eigenvalue weighted by molar-refractivity contribution is 5.87. The maximum Gasteiger partial charge on any atom is 0.227 e. The van der Waals surface area contributed by atoms with Crippen LogP contribution in [0.1, 0.15) is 5.56 Å². The summed E-state index contributed by atoms with van der Waals surface area (Å²) in [6.45, 7) is 5.48. The first-order valence-corrected chi connectivity index (χ1v) is 9.07. The molecule has 1 aliphatic heterocycles. The lowest BCUT2D eigenvalue weighted by Crippen LogP contribution is -2.36. The third kappa shape index (κ3) is 2.96. The second-order valence-electron chi connectivity index (χ2n) is 6.74. The van der Waals surface area contributed by atoms with E-state index in [1.54, 1.807) is 0 Å². The number of ether oxygens (including phenoxy) is 1. The van der Waals surface area contributed by atoms with Crippen LogP contribution in [0.4, 0.5) is 17.3 Å². The van der Waals surface area contributed by atoms with E-state index in [-0.39, 0.29) is 0 Å². The van der Waals surface area contributed by atoms with Crippen molar-refractivity contribution in [2.24, 2.45) is 0 Å². The van der Waals surface area contributed by atoms with Crippen LogP contribution in [0.3, 0.4) is 0 Å². The fourth-order valence-corrected chi connectivity index (χ4v) is 3.58. The minimum Gasteiger partial charge on any atom is -0.378 e. The van der Waals surface area contributed by atoms with Crippen molar-refractivity contribution in [2.45, 2.75) is 6.92 Å². The van der Waals surface area contributed by atoms with Gasteiger partial charge in [0.2, 0.25) is 5.95 Å². The van der Waals surface area contributed by atoms with E-state index >= 15 is 0 Å². The van der Waals surface area contributed by atoms with E-state index in [1.165, 1.54) is 11.3 Å². The number of hydrogen-bond donors (Lipinski definition) is 2. The van der Waals surface area contributed by atoms with Crippen LogP contribution >= 0.6 is 0 Å². The molecule has 0 spiro atoms. The van der Waals surface area contributed by atoms with Gasteiger partial charge in [0.15, 0.2) is 0 Å². The first-order valence-electron chi connectivity index (χ1n) is 9.07. The maximum absolute atomic E-state index is 5.47. The molecule has 7 heteroatoms. The van der Waals surface area contributed by atoms with Gasteiger partial charge < -0.3 is 15.0 Å². The fraction of sp³-hybridized carbons (Fsp3) is 0.250. The second kappa shape index (κ2) is 6.51. The number of anilines is 3. The van der Waals surface area contributed by atoms with E-state index < -0.39 is 0 Å². The van der Waals surface area contributed by atoms with Gasteiger partial charge in [-0.3, -0.25) is 5.10 Å². The van der Waals surface area contributed by atoms with Crippen molar-refractivity contribution in [3.8, 4) is 0 Å². The zero-order valence-corrected chi connectivity index (χ0v) is 15.1. The summed E-state index contributed by atoms with van der Waals surface area (Å²) in [5.41, 5.74) is 5.26. The van der Waals surface area contributed by atoms with Gasteiger partial charge in [-0.2, -0.15) is 5.10 Å². The summed E-state index contributed by atoms with van der Waals surface area (Å²) in [5, 5.41) is 12.5. The minimum absolute atomic E-state index is 0.587. The SMILES string of the molecule is Cc1c(N2CCOCC2)ccc2cnc(Nc3ccc4cn[nH]c4c3)nc12. The largest absolute Gasteiger partial charge is 0.378 e. The van der Waals surface area contributed by atoms with Crippen molar-refractivity contribution < 1.29 is 4.74 Å². The number of rotatable bonds is 3. The highest BCUT2D eigenvalue weighted by Crippen LogP contribution is 2.28. The van der Waals surface area contributed by atoms with E-state index in [1.807, 2.05) is 30.6 Å². The molecule has 27 heavy (non-hydrogen) atoms. The van der Waals surface area contributed by atoms with Crippen molar-refractivity contribution in [1.29, 1.82) is 0 Å².